The van der Waals surface area contributed by atoms with E-state index >= 15 is 0 Å². The standard InChI is InChI=1S/C12H12ClINO2/c1-14-12(17)8-5-11(16)15(7-8)10-4-2-3-9(13)6-10/h2-4,6,8H,5,7H2,1H3/q-1. The van der Waals surface area contributed by atoms with Crippen molar-refractivity contribution in [1.29, 1.82) is 0 Å². The molecule has 0 spiro atoms. The van der Waals surface area contributed by atoms with Crippen LogP contribution in [0.15, 0.2) is 24.3 Å². The predicted molar refractivity (Wildman–Crippen MR) is 62.8 cm³/mol. The summed E-state index contributed by atoms with van der Waals surface area (Å²) < 4.78 is 0.265. The first-order chi connectivity index (χ1) is 8.11. The second-order valence-electron chi connectivity index (χ2n) is 3.88. The fraction of sp³-hybridized carbons (Fsp3) is 0.333. The monoisotopic (exact) mass is 364 g/mol. The van der Waals surface area contributed by atoms with Crippen LogP contribution in [-0.4, -0.2) is 21.2 Å². The number of anilines is 1. The summed E-state index contributed by atoms with van der Waals surface area (Å²) in [7, 11) is 0. The van der Waals surface area contributed by atoms with Gasteiger partial charge in [-0.3, -0.25) is 0 Å². The Bertz CT molecular complexity index is 464. The number of alkyl halides is 1. The normalized spacial score (nSPS) is 20.0. The summed E-state index contributed by atoms with van der Waals surface area (Å²) in [5, 5.41) is 0.605. The summed E-state index contributed by atoms with van der Waals surface area (Å²) in [5.74, 6) is -0.0950. The van der Waals surface area contributed by atoms with Crippen molar-refractivity contribution in [2.45, 2.75) is 6.42 Å². The van der Waals surface area contributed by atoms with Crippen LogP contribution in [0.5, 0.6) is 0 Å². The molecule has 1 heterocycles. The molecular weight excluding hydrogens is 352 g/mol. The van der Waals surface area contributed by atoms with Crippen molar-refractivity contribution >= 4 is 27.0 Å². The van der Waals surface area contributed by atoms with Gasteiger partial charge in [-0.15, -0.1) is 0 Å². The molecule has 0 N–H and O–H groups in total. The Morgan fingerprint density at radius 1 is 1.53 bits per heavy atom. The van der Waals surface area contributed by atoms with Gasteiger partial charge in [-0.05, 0) is 0 Å². The number of rotatable bonds is 3. The Balaban J connectivity index is 2.18. The molecule has 0 aromatic heterocycles. The molecule has 3 nitrogen and oxygen atoms in total. The van der Waals surface area contributed by atoms with Gasteiger partial charge in [-0.1, -0.05) is 0 Å². The quantitative estimate of drug-likeness (QED) is 0.389. The Labute approximate surface area is 115 Å². The van der Waals surface area contributed by atoms with E-state index < -0.39 is 21.2 Å². The van der Waals surface area contributed by atoms with Crippen LogP contribution < -0.4 is 26.1 Å². The number of amides is 1. The first-order valence-electron chi connectivity index (χ1n) is 5.21. The molecule has 1 aliphatic rings. The molecule has 1 amide bonds. The molecule has 0 saturated carbocycles. The molecule has 1 atom stereocenters. The van der Waals surface area contributed by atoms with Crippen molar-refractivity contribution in [2.24, 2.45) is 5.92 Å². The third-order valence-corrected chi connectivity index (χ3v) is 4.93. The van der Waals surface area contributed by atoms with Crippen LogP contribution in [0.4, 0.5) is 5.69 Å². The number of benzene rings is 1. The van der Waals surface area contributed by atoms with E-state index in [4.69, 9.17) is 11.6 Å². The van der Waals surface area contributed by atoms with Crippen LogP contribution in [0.3, 0.4) is 0 Å². The number of carbonyl (C=O) groups excluding carboxylic acids is 2. The molecule has 1 aromatic carbocycles. The van der Waals surface area contributed by atoms with E-state index in [0.29, 0.717) is 18.0 Å². The van der Waals surface area contributed by atoms with Gasteiger partial charge >= 0.3 is 116 Å². The summed E-state index contributed by atoms with van der Waals surface area (Å²) in [6.07, 6.45) is 0.346. The van der Waals surface area contributed by atoms with Crippen LogP contribution in [-0.2, 0) is 9.59 Å². The third kappa shape index (κ3) is 2.80. The van der Waals surface area contributed by atoms with Crippen molar-refractivity contribution in [3.8, 4) is 0 Å². The van der Waals surface area contributed by atoms with Gasteiger partial charge in [0.05, 0.1) is 0 Å². The van der Waals surface area contributed by atoms with E-state index in [1.165, 1.54) is 0 Å². The first kappa shape index (κ1) is 12.8. The zero-order chi connectivity index (χ0) is 12.4. The van der Waals surface area contributed by atoms with E-state index in [2.05, 4.69) is 0 Å². The molecule has 1 fully saturated rings. The zero-order valence-electron chi connectivity index (χ0n) is 9.32. The first-order valence-corrected chi connectivity index (χ1v) is 8.82. The van der Waals surface area contributed by atoms with Gasteiger partial charge in [0, 0.05) is 0 Å². The number of hydrogen-bond donors (Lipinski definition) is 0. The second kappa shape index (κ2) is 5.35. The molecule has 0 aliphatic carbocycles. The SMILES string of the molecule is C[I-]C(=O)C1CC(=O)N(c2cccc(Cl)c2)C1. The molecule has 0 bridgehead atoms. The Morgan fingerprint density at radius 3 is 2.94 bits per heavy atom. The van der Waals surface area contributed by atoms with Crippen LogP contribution in [0.2, 0.25) is 5.02 Å². The van der Waals surface area contributed by atoms with Crippen molar-refractivity contribution < 1.29 is 30.8 Å². The molecule has 1 aliphatic heterocycles. The summed E-state index contributed by atoms with van der Waals surface area (Å²) >= 11 is 5.47. The second-order valence-corrected chi connectivity index (χ2v) is 6.46. The van der Waals surface area contributed by atoms with Crippen LogP contribution in [0, 0.1) is 5.92 Å². The van der Waals surface area contributed by atoms with Crippen molar-refractivity contribution in [3.05, 3.63) is 29.3 Å². The molecule has 17 heavy (non-hydrogen) atoms. The van der Waals surface area contributed by atoms with Gasteiger partial charge in [0.15, 0.2) is 0 Å². The third-order valence-electron chi connectivity index (χ3n) is 2.75. The van der Waals surface area contributed by atoms with Gasteiger partial charge in [0.2, 0.25) is 0 Å². The average molecular weight is 365 g/mol. The molecule has 0 radical (unpaired) electrons. The molecule has 1 saturated heterocycles. The fourth-order valence-corrected chi connectivity index (χ4v) is 3.39. The predicted octanol–water partition coefficient (Wildman–Crippen LogP) is -1.06. The number of carbonyl (C=O) groups is 2. The van der Waals surface area contributed by atoms with E-state index in [9.17, 15) is 9.59 Å². The molecule has 1 unspecified atom stereocenters. The zero-order valence-corrected chi connectivity index (χ0v) is 12.2. The molecule has 92 valence electrons. The number of hydrogen-bond acceptors (Lipinski definition) is 2. The summed E-state index contributed by atoms with van der Waals surface area (Å²) in [6, 6.07) is 7.18. The van der Waals surface area contributed by atoms with Crippen molar-refractivity contribution in [1.82, 2.24) is 0 Å². The van der Waals surface area contributed by atoms with E-state index in [-0.39, 0.29) is 15.6 Å². The molecule has 2 rings (SSSR count). The Kier molecular flexibility index (Phi) is 4.04. The topological polar surface area (TPSA) is 37.4 Å². The molecule has 5 heteroatoms. The summed E-state index contributed by atoms with van der Waals surface area (Å²) in [6.45, 7) is 0.506. The Hall–Kier alpha value is -0.620. The minimum atomic E-state index is -0.428. The average Bonchev–Trinajstić information content (AvgIpc) is 2.70. The minimum absolute atomic E-state index is 0.0167. The number of nitrogens with zero attached hydrogens (tertiary/aromatic N) is 1. The van der Waals surface area contributed by atoms with E-state index in [0.717, 1.165) is 5.69 Å². The number of halogens is 2. The van der Waals surface area contributed by atoms with Gasteiger partial charge < -0.3 is 0 Å². The summed E-state index contributed by atoms with van der Waals surface area (Å²) in [5.41, 5.74) is 0.784. The van der Waals surface area contributed by atoms with Crippen LogP contribution >= 0.6 is 11.6 Å². The molecule has 1 aromatic rings. The van der Waals surface area contributed by atoms with Gasteiger partial charge in [0.25, 0.3) is 0 Å². The molecular formula is C12H12ClINO2-. The van der Waals surface area contributed by atoms with Crippen LogP contribution in [0.1, 0.15) is 6.42 Å². The van der Waals surface area contributed by atoms with E-state index in [1.54, 1.807) is 17.0 Å². The van der Waals surface area contributed by atoms with Gasteiger partial charge in [0.1, 0.15) is 0 Å². The summed E-state index contributed by atoms with van der Waals surface area (Å²) in [4.78, 5) is 27.1. The Morgan fingerprint density at radius 2 is 2.29 bits per heavy atom. The van der Waals surface area contributed by atoms with Crippen LogP contribution in [0.25, 0.3) is 0 Å². The van der Waals surface area contributed by atoms with E-state index in [1.807, 2.05) is 17.1 Å². The van der Waals surface area contributed by atoms with Gasteiger partial charge in [-0.2, -0.15) is 0 Å². The fourth-order valence-electron chi connectivity index (χ4n) is 1.91. The van der Waals surface area contributed by atoms with Crippen molar-refractivity contribution in [2.75, 3.05) is 16.4 Å². The maximum absolute atomic E-state index is 11.9. The maximum atomic E-state index is 11.9. The van der Waals surface area contributed by atoms with Crippen molar-refractivity contribution in [3.63, 3.8) is 0 Å². The van der Waals surface area contributed by atoms with Gasteiger partial charge in [-0.25, -0.2) is 0 Å².